The molecule has 2 heterocycles. The van der Waals surface area contributed by atoms with E-state index in [0.717, 1.165) is 32.0 Å². The molecule has 1 amide bonds. The molecule has 0 radical (unpaired) electrons. The van der Waals surface area contributed by atoms with Crippen molar-refractivity contribution in [2.75, 3.05) is 12.4 Å². The summed E-state index contributed by atoms with van der Waals surface area (Å²) in [5.74, 6) is 1.10. The summed E-state index contributed by atoms with van der Waals surface area (Å²) in [6.45, 7) is 0. The Balaban J connectivity index is 1.60. The van der Waals surface area contributed by atoms with Gasteiger partial charge >= 0.3 is 0 Å². The number of aromatic nitrogens is 3. The smallest absolute Gasteiger partial charge is 0.275 e. The fraction of sp³-hybridized carbons (Fsp3) is 0.350. The normalized spacial score (nSPS) is 19.3. The van der Waals surface area contributed by atoms with E-state index in [1.807, 2.05) is 0 Å². The van der Waals surface area contributed by atoms with Crippen molar-refractivity contribution in [3.8, 4) is 5.75 Å². The molecule has 0 aliphatic heterocycles. The van der Waals surface area contributed by atoms with Crippen molar-refractivity contribution in [2.45, 2.75) is 31.6 Å². The van der Waals surface area contributed by atoms with Gasteiger partial charge in [-0.15, -0.1) is 0 Å². The number of oxazole rings is 1. The summed E-state index contributed by atoms with van der Waals surface area (Å²) in [4.78, 5) is 35.8. The zero-order valence-corrected chi connectivity index (χ0v) is 15.4. The third kappa shape index (κ3) is 3.58. The molecule has 1 saturated carbocycles. The van der Waals surface area contributed by atoms with Gasteiger partial charge in [-0.3, -0.25) is 9.78 Å². The first-order valence-corrected chi connectivity index (χ1v) is 9.19. The second-order valence-corrected chi connectivity index (χ2v) is 6.86. The van der Waals surface area contributed by atoms with Crippen LogP contribution in [0, 0.1) is 5.92 Å². The van der Waals surface area contributed by atoms with E-state index in [1.54, 1.807) is 12.1 Å². The Morgan fingerprint density at radius 1 is 1.25 bits per heavy atom. The molecule has 1 aliphatic carbocycles. The molecule has 0 spiro atoms. The minimum Gasteiger partial charge on any atom is -0.494 e. The molecule has 8 nitrogen and oxygen atoms in total. The molecule has 0 unspecified atom stereocenters. The number of carbonyl (C=O) groups excluding carboxylic acids is 2. The molecule has 144 valence electrons. The topological polar surface area (TPSA) is 107 Å². The van der Waals surface area contributed by atoms with Gasteiger partial charge in [0.05, 0.1) is 19.0 Å². The van der Waals surface area contributed by atoms with Crippen LogP contribution in [0.3, 0.4) is 0 Å². The lowest BCUT2D eigenvalue weighted by Crippen LogP contribution is -2.14. The third-order valence-corrected chi connectivity index (χ3v) is 5.08. The van der Waals surface area contributed by atoms with Crippen molar-refractivity contribution in [1.82, 2.24) is 15.0 Å². The van der Waals surface area contributed by atoms with Crippen LogP contribution < -0.4 is 10.1 Å². The maximum absolute atomic E-state index is 12.4. The second kappa shape index (κ2) is 7.75. The van der Waals surface area contributed by atoms with Crippen LogP contribution in [0.5, 0.6) is 5.75 Å². The lowest BCUT2D eigenvalue weighted by molar-refractivity contribution is -0.112. The quantitative estimate of drug-likeness (QED) is 0.676. The van der Waals surface area contributed by atoms with Crippen molar-refractivity contribution in [2.24, 2.45) is 5.92 Å². The van der Waals surface area contributed by atoms with Crippen molar-refractivity contribution >= 4 is 29.0 Å². The summed E-state index contributed by atoms with van der Waals surface area (Å²) < 4.78 is 11.4. The van der Waals surface area contributed by atoms with Crippen LogP contribution in [0.15, 0.2) is 35.1 Å². The number of anilines is 1. The number of fused-ring (bicyclic) bond motifs is 1. The molecule has 2 aromatic heterocycles. The Kier molecular flexibility index (Phi) is 5.01. The van der Waals surface area contributed by atoms with Gasteiger partial charge in [-0.1, -0.05) is 0 Å². The number of amides is 1. The molecular formula is C20H20N4O4. The second-order valence-electron chi connectivity index (χ2n) is 6.86. The molecule has 3 aromatic rings. The van der Waals surface area contributed by atoms with Gasteiger partial charge < -0.3 is 19.3 Å². The number of nitrogens with zero attached hydrogens (tertiary/aromatic N) is 3. The summed E-state index contributed by atoms with van der Waals surface area (Å²) in [6.07, 6.45) is 8.86. The highest BCUT2D eigenvalue weighted by atomic mass is 16.5. The van der Waals surface area contributed by atoms with E-state index in [0.29, 0.717) is 28.4 Å². The molecule has 4 rings (SSSR count). The van der Waals surface area contributed by atoms with Gasteiger partial charge in [-0.05, 0) is 25.7 Å². The van der Waals surface area contributed by atoms with Gasteiger partial charge in [0.25, 0.3) is 5.91 Å². The number of hydrogen-bond donors (Lipinski definition) is 1. The Morgan fingerprint density at radius 2 is 2.07 bits per heavy atom. The molecule has 1 fully saturated rings. The molecule has 28 heavy (non-hydrogen) atoms. The minimum absolute atomic E-state index is 0.142. The molecule has 0 saturated heterocycles. The van der Waals surface area contributed by atoms with E-state index in [-0.39, 0.29) is 17.5 Å². The van der Waals surface area contributed by atoms with E-state index in [1.165, 1.54) is 25.7 Å². The number of benzene rings is 1. The summed E-state index contributed by atoms with van der Waals surface area (Å²) in [6, 6.07) is 3.45. The Bertz CT molecular complexity index is 994. The monoisotopic (exact) mass is 380 g/mol. The number of rotatable bonds is 5. The molecule has 1 aromatic carbocycles. The number of nitrogens with one attached hydrogen (secondary N) is 1. The molecule has 8 heteroatoms. The van der Waals surface area contributed by atoms with Crippen LogP contribution >= 0.6 is 0 Å². The van der Waals surface area contributed by atoms with Crippen molar-refractivity contribution < 1.29 is 18.7 Å². The Morgan fingerprint density at radius 3 is 2.75 bits per heavy atom. The molecule has 0 bridgehead atoms. The van der Waals surface area contributed by atoms with Crippen LogP contribution in [-0.2, 0) is 4.79 Å². The third-order valence-electron chi connectivity index (χ3n) is 5.08. The van der Waals surface area contributed by atoms with Crippen molar-refractivity contribution in [3.63, 3.8) is 0 Å². The maximum Gasteiger partial charge on any atom is 0.275 e. The largest absolute Gasteiger partial charge is 0.494 e. The first-order chi connectivity index (χ1) is 13.7. The molecular weight excluding hydrogens is 360 g/mol. The van der Waals surface area contributed by atoms with Gasteiger partial charge in [0.15, 0.2) is 11.5 Å². The fourth-order valence-electron chi connectivity index (χ4n) is 3.52. The van der Waals surface area contributed by atoms with Crippen LogP contribution in [0.25, 0.3) is 11.1 Å². The van der Waals surface area contributed by atoms with Crippen LogP contribution in [0.1, 0.15) is 48.0 Å². The van der Waals surface area contributed by atoms with E-state index in [2.05, 4.69) is 20.3 Å². The first kappa shape index (κ1) is 18.1. The fourth-order valence-corrected chi connectivity index (χ4v) is 3.52. The maximum atomic E-state index is 12.4. The highest BCUT2D eigenvalue weighted by Gasteiger charge is 2.26. The zero-order valence-electron chi connectivity index (χ0n) is 15.4. The van der Waals surface area contributed by atoms with E-state index in [9.17, 15) is 9.59 Å². The Labute approximate surface area is 161 Å². The van der Waals surface area contributed by atoms with Crippen molar-refractivity contribution in [1.29, 1.82) is 0 Å². The lowest BCUT2D eigenvalue weighted by atomic mass is 9.83. The van der Waals surface area contributed by atoms with Gasteiger partial charge in [0, 0.05) is 36.4 Å². The molecule has 0 atom stereocenters. The number of methoxy groups -OCH3 is 1. The van der Waals surface area contributed by atoms with E-state index < -0.39 is 5.91 Å². The SMILES string of the molecule is COc1cc2nc([C@H]3CC[C@H](C=O)CC3)oc2cc1NC(=O)c1cnccn1. The number of hydrogen-bond acceptors (Lipinski definition) is 7. The average Bonchev–Trinajstić information content (AvgIpc) is 3.16. The predicted octanol–water partition coefficient (Wildman–Crippen LogP) is 3.35. The highest BCUT2D eigenvalue weighted by molar-refractivity contribution is 6.04. The minimum atomic E-state index is -0.391. The first-order valence-electron chi connectivity index (χ1n) is 9.19. The number of ether oxygens (including phenoxy) is 1. The average molecular weight is 380 g/mol. The predicted molar refractivity (Wildman–Crippen MR) is 101 cm³/mol. The van der Waals surface area contributed by atoms with E-state index in [4.69, 9.17) is 9.15 Å². The van der Waals surface area contributed by atoms with Crippen molar-refractivity contribution in [3.05, 3.63) is 42.3 Å². The van der Waals surface area contributed by atoms with Gasteiger partial charge in [-0.25, -0.2) is 9.97 Å². The zero-order chi connectivity index (χ0) is 19.5. The summed E-state index contributed by atoms with van der Waals surface area (Å²) in [5.41, 5.74) is 1.91. The standard InChI is InChI=1S/C20H20N4O4/c1-27-17-8-15-18(9-14(17)23-19(26)16-10-21-6-7-22-16)28-20(24-15)13-4-2-12(11-25)3-5-13/h6-13H,2-5H2,1H3,(H,23,26)/t12-,13-. The molecule has 1 N–H and O–H groups in total. The summed E-state index contributed by atoms with van der Waals surface area (Å²) >= 11 is 0. The molecule has 1 aliphatic rings. The van der Waals surface area contributed by atoms with Gasteiger partial charge in [0.2, 0.25) is 0 Å². The van der Waals surface area contributed by atoms with Crippen LogP contribution in [0.2, 0.25) is 0 Å². The van der Waals surface area contributed by atoms with Crippen LogP contribution in [0.4, 0.5) is 5.69 Å². The van der Waals surface area contributed by atoms with Gasteiger partial charge in [0.1, 0.15) is 23.2 Å². The Hall–Kier alpha value is -3.29. The highest BCUT2D eigenvalue weighted by Crippen LogP contribution is 2.37. The van der Waals surface area contributed by atoms with Gasteiger partial charge in [-0.2, -0.15) is 0 Å². The summed E-state index contributed by atoms with van der Waals surface area (Å²) in [5, 5.41) is 2.78. The number of aldehydes is 1. The number of carbonyl (C=O) groups is 2. The van der Waals surface area contributed by atoms with Crippen LogP contribution in [-0.4, -0.2) is 34.3 Å². The lowest BCUT2D eigenvalue weighted by Gasteiger charge is -2.22. The van der Waals surface area contributed by atoms with E-state index >= 15 is 0 Å². The summed E-state index contributed by atoms with van der Waals surface area (Å²) in [7, 11) is 1.53.